The van der Waals surface area contributed by atoms with E-state index in [9.17, 15) is 13.6 Å². The fraction of sp³-hybridized carbons (Fsp3) is 0.357. The van der Waals surface area contributed by atoms with Gasteiger partial charge in [-0.05, 0) is 31.2 Å². The van der Waals surface area contributed by atoms with Crippen molar-refractivity contribution in [2.75, 3.05) is 19.4 Å². The maximum atomic E-state index is 12.3. The third-order valence-electron chi connectivity index (χ3n) is 2.80. The van der Waals surface area contributed by atoms with Gasteiger partial charge in [-0.25, -0.2) is 0 Å². The van der Waals surface area contributed by atoms with Crippen LogP contribution in [0.15, 0.2) is 33.5 Å². The molecule has 1 aromatic heterocycles. The number of benzene rings is 1. The SMILES string of the molecule is CC(Sc1nnc(Nc2ccc(SC(F)F)cc2)s1)C(=O)N(C)C. The van der Waals surface area contributed by atoms with E-state index in [1.54, 1.807) is 38.4 Å². The molecule has 5 nitrogen and oxygen atoms in total. The number of nitrogens with zero attached hydrogens (tertiary/aromatic N) is 3. The van der Waals surface area contributed by atoms with Crippen LogP contribution in [0.2, 0.25) is 0 Å². The molecule has 24 heavy (non-hydrogen) atoms. The Hall–Kier alpha value is -1.39. The van der Waals surface area contributed by atoms with Gasteiger partial charge in [0.1, 0.15) is 0 Å². The molecule has 1 heterocycles. The topological polar surface area (TPSA) is 58.1 Å². The van der Waals surface area contributed by atoms with Gasteiger partial charge in [0, 0.05) is 24.7 Å². The summed E-state index contributed by atoms with van der Waals surface area (Å²) in [6, 6.07) is 6.65. The summed E-state index contributed by atoms with van der Waals surface area (Å²) in [4.78, 5) is 13.9. The molecule has 0 radical (unpaired) electrons. The van der Waals surface area contributed by atoms with Crippen LogP contribution in [0.3, 0.4) is 0 Å². The summed E-state index contributed by atoms with van der Waals surface area (Å²) in [7, 11) is 3.42. The minimum atomic E-state index is -2.43. The average Bonchev–Trinajstić information content (AvgIpc) is 2.94. The molecular weight excluding hydrogens is 374 g/mol. The summed E-state index contributed by atoms with van der Waals surface area (Å²) >= 11 is 3.19. The van der Waals surface area contributed by atoms with Crippen molar-refractivity contribution in [3.05, 3.63) is 24.3 Å². The number of carbonyl (C=O) groups is 1. The van der Waals surface area contributed by atoms with Crippen molar-refractivity contribution in [3.8, 4) is 0 Å². The number of anilines is 2. The normalized spacial score (nSPS) is 12.2. The summed E-state index contributed by atoms with van der Waals surface area (Å²) in [6.45, 7) is 1.82. The Kier molecular flexibility index (Phi) is 6.81. The molecule has 10 heteroatoms. The molecule has 0 bridgehead atoms. The lowest BCUT2D eigenvalue weighted by atomic mass is 10.3. The zero-order valence-corrected chi connectivity index (χ0v) is 15.6. The Morgan fingerprint density at radius 3 is 2.46 bits per heavy atom. The maximum Gasteiger partial charge on any atom is 0.288 e. The van der Waals surface area contributed by atoms with Gasteiger partial charge < -0.3 is 10.2 Å². The molecule has 1 amide bonds. The third-order valence-corrected chi connectivity index (χ3v) is 5.54. The van der Waals surface area contributed by atoms with Crippen molar-refractivity contribution >= 4 is 51.6 Å². The molecular formula is C14H16F2N4OS3. The molecule has 1 N–H and O–H groups in total. The Balaban J connectivity index is 1.95. The highest BCUT2D eigenvalue weighted by Crippen LogP contribution is 2.31. The molecule has 0 aliphatic carbocycles. The van der Waals surface area contributed by atoms with Gasteiger partial charge in [-0.1, -0.05) is 34.9 Å². The first kappa shape index (κ1) is 18.9. The van der Waals surface area contributed by atoms with E-state index in [1.165, 1.54) is 28.0 Å². The van der Waals surface area contributed by atoms with Gasteiger partial charge >= 0.3 is 0 Å². The van der Waals surface area contributed by atoms with Crippen molar-refractivity contribution in [1.29, 1.82) is 0 Å². The predicted molar refractivity (Wildman–Crippen MR) is 95.5 cm³/mol. The van der Waals surface area contributed by atoms with Gasteiger partial charge in [-0.2, -0.15) is 8.78 Å². The van der Waals surface area contributed by atoms with E-state index in [1.807, 2.05) is 6.92 Å². The van der Waals surface area contributed by atoms with Crippen molar-refractivity contribution in [3.63, 3.8) is 0 Å². The number of carbonyl (C=O) groups excluding carboxylic acids is 1. The quantitative estimate of drug-likeness (QED) is 0.716. The van der Waals surface area contributed by atoms with Gasteiger partial charge in [0.05, 0.1) is 5.25 Å². The van der Waals surface area contributed by atoms with Gasteiger partial charge in [-0.15, -0.1) is 10.2 Å². The first-order chi connectivity index (χ1) is 11.3. The van der Waals surface area contributed by atoms with Crippen LogP contribution >= 0.6 is 34.9 Å². The predicted octanol–water partition coefficient (Wildman–Crippen LogP) is 4.17. The molecule has 1 atom stereocenters. The second kappa shape index (κ2) is 8.63. The summed E-state index contributed by atoms with van der Waals surface area (Å²) in [6.07, 6.45) is 0. The van der Waals surface area contributed by atoms with Crippen LogP contribution in [0.25, 0.3) is 0 Å². The molecule has 1 unspecified atom stereocenters. The minimum absolute atomic E-state index is 0.0110. The first-order valence-corrected chi connectivity index (χ1v) is 9.46. The van der Waals surface area contributed by atoms with Crippen molar-refractivity contribution < 1.29 is 13.6 Å². The van der Waals surface area contributed by atoms with Gasteiger partial charge in [-0.3, -0.25) is 4.79 Å². The fourth-order valence-corrected chi connectivity index (χ4v) is 4.28. The van der Waals surface area contributed by atoms with E-state index in [4.69, 9.17) is 0 Å². The Bertz CT molecular complexity index is 679. The summed E-state index contributed by atoms with van der Waals surface area (Å²) in [5, 5.41) is 11.5. The van der Waals surface area contributed by atoms with Crippen molar-refractivity contribution in [2.24, 2.45) is 0 Å². The van der Waals surface area contributed by atoms with Crippen molar-refractivity contribution in [1.82, 2.24) is 15.1 Å². The highest BCUT2D eigenvalue weighted by atomic mass is 32.2. The lowest BCUT2D eigenvalue weighted by molar-refractivity contribution is -0.127. The zero-order chi connectivity index (χ0) is 17.7. The first-order valence-electron chi connectivity index (χ1n) is 6.88. The molecule has 0 aliphatic rings. The fourth-order valence-electron chi connectivity index (χ4n) is 1.72. The molecule has 2 aromatic rings. The maximum absolute atomic E-state index is 12.3. The third kappa shape index (κ3) is 5.60. The van der Waals surface area contributed by atoms with Gasteiger partial charge in [0.2, 0.25) is 11.0 Å². The van der Waals surface area contributed by atoms with Crippen LogP contribution in [-0.4, -0.2) is 46.1 Å². The summed E-state index contributed by atoms with van der Waals surface area (Å²) < 4.78 is 25.3. The molecule has 0 spiro atoms. The Labute approximate surface area is 151 Å². The van der Waals surface area contributed by atoms with Gasteiger partial charge in [0.25, 0.3) is 5.76 Å². The lowest BCUT2D eigenvalue weighted by Crippen LogP contribution is -2.29. The average molecular weight is 391 g/mol. The van der Waals surface area contributed by atoms with Gasteiger partial charge in [0.15, 0.2) is 4.34 Å². The number of hydrogen-bond acceptors (Lipinski definition) is 7. The number of alkyl halides is 2. The molecule has 0 saturated heterocycles. The van der Waals surface area contributed by atoms with E-state index in [0.29, 0.717) is 26.1 Å². The Morgan fingerprint density at radius 2 is 1.88 bits per heavy atom. The number of thioether (sulfide) groups is 2. The summed E-state index contributed by atoms with van der Waals surface area (Å²) in [5.41, 5.74) is 0.735. The smallest absolute Gasteiger partial charge is 0.288 e. The molecule has 0 saturated carbocycles. The minimum Gasteiger partial charge on any atom is -0.348 e. The standard InChI is InChI=1S/C14H16F2N4OS3/c1-8(11(21)20(2)3)22-14-19-18-13(24-14)17-9-4-6-10(7-5-9)23-12(15)16/h4-8,12H,1-3H3,(H,17,18). The van der Waals surface area contributed by atoms with E-state index < -0.39 is 5.76 Å². The van der Waals surface area contributed by atoms with Crippen LogP contribution in [0.1, 0.15) is 6.92 Å². The van der Waals surface area contributed by atoms with E-state index in [-0.39, 0.29) is 11.2 Å². The largest absolute Gasteiger partial charge is 0.348 e. The molecule has 0 aliphatic heterocycles. The molecule has 1 aromatic carbocycles. The van der Waals surface area contributed by atoms with E-state index >= 15 is 0 Å². The van der Waals surface area contributed by atoms with Crippen LogP contribution in [0.4, 0.5) is 19.6 Å². The second-order valence-corrected chi connectivity index (χ2v) is 8.52. The monoisotopic (exact) mass is 390 g/mol. The second-order valence-electron chi connectivity index (χ2n) is 4.89. The summed E-state index contributed by atoms with van der Waals surface area (Å²) in [5.74, 6) is -2.42. The van der Waals surface area contributed by atoms with Crippen LogP contribution in [-0.2, 0) is 4.79 Å². The highest BCUT2D eigenvalue weighted by molar-refractivity contribution is 8.02. The van der Waals surface area contributed by atoms with Crippen molar-refractivity contribution in [2.45, 2.75) is 27.2 Å². The molecule has 130 valence electrons. The lowest BCUT2D eigenvalue weighted by Gasteiger charge is -2.14. The van der Waals surface area contributed by atoms with E-state index in [0.717, 1.165) is 5.69 Å². The molecule has 0 fully saturated rings. The number of rotatable bonds is 7. The van der Waals surface area contributed by atoms with Crippen LogP contribution in [0, 0.1) is 0 Å². The highest BCUT2D eigenvalue weighted by Gasteiger charge is 2.18. The van der Waals surface area contributed by atoms with E-state index in [2.05, 4.69) is 15.5 Å². The number of halogens is 2. The Morgan fingerprint density at radius 1 is 1.21 bits per heavy atom. The zero-order valence-electron chi connectivity index (χ0n) is 13.2. The number of hydrogen-bond donors (Lipinski definition) is 1. The van der Waals surface area contributed by atoms with Crippen LogP contribution < -0.4 is 5.32 Å². The number of nitrogens with one attached hydrogen (secondary N) is 1. The number of aromatic nitrogens is 2. The van der Waals surface area contributed by atoms with Crippen LogP contribution in [0.5, 0.6) is 0 Å². The molecule has 2 rings (SSSR count). The number of amides is 1.